The fraction of sp³-hybridized carbons (Fsp3) is 0.714. The molecule has 25 heavy (non-hydrogen) atoms. The van der Waals surface area contributed by atoms with Gasteiger partial charge in [-0.05, 0) is 5.92 Å². The van der Waals surface area contributed by atoms with Crippen molar-refractivity contribution >= 4 is 23.4 Å². The van der Waals surface area contributed by atoms with Crippen molar-refractivity contribution < 1.29 is 88.1 Å². The average Bonchev–Trinajstić information content (AvgIpc) is 2.55. The van der Waals surface area contributed by atoms with Crippen LogP contribution < -0.4 is 56.7 Å². The van der Waals surface area contributed by atoms with Crippen LogP contribution in [0.25, 0.3) is 0 Å². The second-order valence-corrected chi connectivity index (χ2v) is 5.51. The van der Waals surface area contributed by atoms with E-state index in [2.05, 4.69) is 20.8 Å². The van der Waals surface area contributed by atoms with E-state index < -0.39 is 29.5 Å². The van der Waals surface area contributed by atoms with Crippen LogP contribution in [-0.4, -0.2) is 59.9 Å². The Balaban J connectivity index is 0. The molecule has 0 aliphatic heterocycles. The molecule has 11 heteroatoms. The summed E-state index contributed by atoms with van der Waals surface area (Å²) in [4.78, 5) is 22.4. The number of carbonyl (C=O) groups is 2. The molecule has 0 spiro atoms. The number of rotatable bonds is 13. The molecule has 0 aromatic rings. The predicted octanol–water partition coefficient (Wildman–Crippen LogP) is -2.31. The maximum atomic E-state index is 11.6. The van der Waals surface area contributed by atoms with Crippen molar-refractivity contribution in [3.05, 3.63) is 12.7 Å². The molecule has 0 heterocycles. The summed E-state index contributed by atoms with van der Waals surface area (Å²) in [6.45, 7) is 7.33. The van der Waals surface area contributed by atoms with Gasteiger partial charge in [-0.15, -0.1) is 0 Å². The average molecular weight is 406 g/mol. The molecule has 9 nitrogen and oxygen atoms in total. The third-order valence-corrected chi connectivity index (χ3v) is 3.14. The molecule has 0 aromatic heterocycles. The van der Waals surface area contributed by atoms with Crippen molar-refractivity contribution in [1.29, 1.82) is 0 Å². The fourth-order valence-electron chi connectivity index (χ4n) is 1.32. The van der Waals surface area contributed by atoms with Crippen LogP contribution in [0, 0.1) is 5.92 Å². The SMILES string of the molecule is C=CC(=O)OCCNC(=O)OC(COCC(C)CC)COS(=O)[O-].[K+]. The van der Waals surface area contributed by atoms with Gasteiger partial charge >= 0.3 is 63.4 Å². The van der Waals surface area contributed by atoms with Crippen LogP contribution in [0.2, 0.25) is 0 Å². The van der Waals surface area contributed by atoms with Gasteiger partial charge in [-0.25, -0.2) is 13.8 Å². The zero-order valence-electron chi connectivity index (χ0n) is 14.9. The first-order valence-electron chi connectivity index (χ1n) is 7.42. The number of carbonyl (C=O) groups excluding carboxylic acids is 2. The van der Waals surface area contributed by atoms with Gasteiger partial charge in [-0.2, -0.15) is 0 Å². The van der Waals surface area contributed by atoms with Crippen LogP contribution in [0.5, 0.6) is 0 Å². The van der Waals surface area contributed by atoms with E-state index in [-0.39, 0.29) is 77.7 Å². The van der Waals surface area contributed by atoms with Crippen LogP contribution in [0.1, 0.15) is 20.3 Å². The first kappa shape index (κ1) is 27.4. The van der Waals surface area contributed by atoms with Gasteiger partial charge in [0.25, 0.3) is 0 Å². The molecule has 0 aromatic carbocycles. The Hall–Kier alpha value is 0.146. The van der Waals surface area contributed by atoms with Gasteiger partial charge in [0.2, 0.25) is 0 Å². The van der Waals surface area contributed by atoms with Crippen molar-refractivity contribution in [1.82, 2.24) is 5.32 Å². The Kier molecular flexibility index (Phi) is 19.2. The van der Waals surface area contributed by atoms with Gasteiger partial charge in [-0.3, -0.25) is 4.18 Å². The van der Waals surface area contributed by atoms with Gasteiger partial charge in [-0.1, -0.05) is 26.8 Å². The maximum Gasteiger partial charge on any atom is 1.00 e. The molecular formula is C14H24KNO8S. The van der Waals surface area contributed by atoms with E-state index in [0.717, 1.165) is 12.5 Å². The van der Waals surface area contributed by atoms with Crippen molar-refractivity contribution in [2.45, 2.75) is 26.4 Å². The van der Waals surface area contributed by atoms with Crippen molar-refractivity contribution in [2.24, 2.45) is 5.92 Å². The van der Waals surface area contributed by atoms with E-state index in [0.29, 0.717) is 12.5 Å². The topological polar surface area (TPSA) is 123 Å². The third-order valence-electron chi connectivity index (χ3n) is 2.81. The van der Waals surface area contributed by atoms with E-state index in [9.17, 15) is 18.4 Å². The molecule has 1 N–H and O–H groups in total. The molecule has 0 saturated heterocycles. The number of nitrogens with one attached hydrogen (secondary N) is 1. The molecular weight excluding hydrogens is 381 g/mol. The molecule has 0 saturated carbocycles. The standard InChI is InChI=1S/C14H25NO8S.K/c1-4-11(3)8-20-9-12(10-22-24(18)19)23-14(17)15-6-7-21-13(16)5-2;/h5,11-12H,2,4,6-10H2,1,3H3,(H,15,17)(H,18,19);/q;+1/p-1. The minimum absolute atomic E-state index is 0. The number of hydrogen-bond donors (Lipinski definition) is 1. The number of esters is 1. The number of alkyl carbamates (subject to hydrolysis) is 1. The van der Waals surface area contributed by atoms with E-state index in [1.807, 2.05) is 13.8 Å². The molecule has 3 unspecified atom stereocenters. The van der Waals surface area contributed by atoms with Gasteiger partial charge in [0.1, 0.15) is 13.2 Å². The molecule has 0 radical (unpaired) electrons. The monoisotopic (exact) mass is 405 g/mol. The zero-order valence-corrected chi connectivity index (χ0v) is 18.8. The summed E-state index contributed by atoms with van der Waals surface area (Å²) in [5.74, 6) is -0.276. The smallest absolute Gasteiger partial charge is 0.750 e. The summed E-state index contributed by atoms with van der Waals surface area (Å²) < 4.78 is 40.4. The molecule has 3 atom stereocenters. The molecule has 0 bridgehead atoms. The number of hydrogen-bond acceptors (Lipinski definition) is 8. The third kappa shape index (κ3) is 17.3. The summed E-state index contributed by atoms with van der Waals surface area (Å²) in [7, 11) is 0. The summed E-state index contributed by atoms with van der Waals surface area (Å²) in [5.41, 5.74) is 0. The molecule has 1 amide bonds. The van der Waals surface area contributed by atoms with Crippen LogP contribution >= 0.6 is 0 Å². The van der Waals surface area contributed by atoms with Crippen molar-refractivity contribution in [3.8, 4) is 0 Å². The van der Waals surface area contributed by atoms with Gasteiger partial charge < -0.3 is 24.1 Å². The first-order chi connectivity index (χ1) is 11.4. The summed E-state index contributed by atoms with van der Waals surface area (Å²) in [6.07, 6.45) is 0.240. The van der Waals surface area contributed by atoms with Gasteiger partial charge in [0.15, 0.2) is 6.10 Å². The molecule has 0 aliphatic rings. The van der Waals surface area contributed by atoms with E-state index in [1.54, 1.807) is 0 Å². The van der Waals surface area contributed by atoms with Gasteiger partial charge in [0, 0.05) is 12.7 Å². The quantitative estimate of drug-likeness (QED) is 0.119. The molecule has 0 fully saturated rings. The minimum atomic E-state index is -2.71. The predicted molar refractivity (Wildman–Crippen MR) is 84.6 cm³/mol. The second kappa shape index (κ2) is 17.6. The summed E-state index contributed by atoms with van der Waals surface area (Å²) in [5, 5.41) is 2.35. The largest absolute Gasteiger partial charge is 1.00 e. The van der Waals surface area contributed by atoms with Gasteiger partial charge in [0.05, 0.1) is 24.5 Å². The van der Waals surface area contributed by atoms with E-state index >= 15 is 0 Å². The molecule has 0 rings (SSSR count). The van der Waals surface area contributed by atoms with Crippen LogP contribution in [0.4, 0.5) is 4.79 Å². The Morgan fingerprint density at radius 2 is 2.00 bits per heavy atom. The fourth-order valence-corrected chi connectivity index (χ4v) is 1.59. The first-order valence-corrected chi connectivity index (χ1v) is 8.42. The Labute approximate surface area is 193 Å². The van der Waals surface area contributed by atoms with Crippen molar-refractivity contribution in [3.63, 3.8) is 0 Å². The second-order valence-electron chi connectivity index (χ2n) is 4.87. The maximum absolute atomic E-state index is 11.6. The minimum Gasteiger partial charge on any atom is -0.750 e. The zero-order chi connectivity index (χ0) is 18.4. The van der Waals surface area contributed by atoms with E-state index in [1.165, 1.54) is 0 Å². The van der Waals surface area contributed by atoms with Crippen LogP contribution in [0.3, 0.4) is 0 Å². The Morgan fingerprint density at radius 1 is 1.32 bits per heavy atom. The molecule has 140 valence electrons. The summed E-state index contributed by atoms with van der Waals surface area (Å²) >= 11 is -2.71. The Morgan fingerprint density at radius 3 is 2.56 bits per heavy atom. The van der Waals surface area contributed by atoms with E-state index in [4.69, 9.17) is 9.47 Å². The van der Waals surface area contributed by atoms with Crippen LogP contribution in [-0.2, 0) is 34.5 Å². The Bertz CT molecular complexity index is 424. The molecule has 0 aliphatic carbocycles. The normalized spacial score (nSPS) is 13.7. The number of ether oxygens (including phenoxy) is 3. The van der Waals surface area contributed by atoms with Crippen molar-refractivity contribution in [2.75, 3.05) is 33.0 Å². The summed E-state index contributed by atoms with van der Waals surface area (Å²) in [6, 6.07) is 0. The van der Waals surface area contributed by atoms with Crippen LogP contribution in [0.15, 0.2) is 12.7 Å². The number of amides is 1.